The Balaban J connectivity index is 2.78. The molecule has 1 N–H and O–H groups in total. The fourth-order valence-corrected chi connectivity index (χ4v) is 4.43. The fraction of sp³-hybridized carbons (Fsp3) is 0.643. The van der Waals surface area contributed by atoms with Crippen molar-refractivity contribution in [2.24, 2.45) is 0 Å². The Morgan fingerprint density at radius 3 is 2.54 bits per heavy atom. The van der Waals surface area contributed by atoms with Gasteiger partial charge in [-0.05, 0) is 35.1 Å². The largest absolute Gasteiger partial charge is 0.366 e. The first kappa shape index (κ1) is 21.9. The molecule has 5 nitrogen and oxygen atoms in total. The average Bonchev–Trinajstić information content (AvgIpc) is 2.46. The molecule has 0 amide bonds. The van der Waals surface area contributed by atoms with Crippen LogP contribution in [-0.4, -0.2) is 34.8 Å². The van der Waals surface area contributed by atoms with E-state index in [1.54, 1.807) is 6.92 Å². The summed E-state index contributed by atoms with van der Waals surface area (Å²) in [5.41, 5.74) is -0.280. The highest BCUT2D eigenvalue weighted by Crippen LogP contribution is 2.28. The van der Waals surface area contributed by atoms with Crippen LogP contribution in [-0.2, 0) is 14.8 Å². The van der Waals surface area contributed by atoms with Crippen molar-refractivity contribution in [3.63, 3.8) is 0 Å². The van der Waals surface area contributed by atoms with Gasteiger partial charge in [0.25, 0.3) is 0 Å². The van der Waals surface area contributed by atoms with Crippen molar-refractivity contribution in [2.45, 2.75) is 44.3 Å². The molecule has 0 bridgehead atoms. The standard InChI is InChI=1S/C14H23F2IN2O3SSi/c1-5-11(14-12(16)13(17)10(15)8-18-14)23(20,21)19-9-22-6-7-24(2,3)4/h8,11,19H,5-7,9H2,1-4H3. The molecule has 0 aromatic carbocycles. The lowest BCUT2D eigenvalue weighted by molar-refractivity contribution is 0.143. The zero-order valence-electron chi connectivity index (χ0n) is 14.2. The highest BCUT2D eigenvalue weighted by Gasteiger charge is 2.31. The first-order chi connectivity index (χ1) is 11.0. The van der Waals surface area contributed by atoms with Crippen LogP contribution in [0.1, 0.15) is 24.3 Å². The van der Waals surface area contributed by atoms with Crippen molar-refractivity contribution in [3.8, 4) is 0 Å². The molecule has 1 rings (SSSR count). The van der Waals surface area contributed by atoms with Crippen LogP contribution in [0.25, 0.3) is 0 Å². The minimum atomic E-state index is -3.89. The van der Waals surface area contributed by atoms with Crippen LogP contribution in [0.4, 0.5) is 8.78 Å². The van der Waals surface area contributed by atoms with Crippen LogP contribution in [0.2, 0.25) is 25.7 Å². The molecule has 0 aliphatic heterocycles. The summed E-state index contributed by atoms with van der Waals surface area (Å²) < 4.78 is 59.6. The number of rotatable bonds is 9. The van der Waals surface area contributed by atoms with E-state index in [1.807, 2.05) is 0 Å². The minimum Gasteiger partial charge on any atom is -0.366 e. The van der Waals surface area contributed by atoms with Crippen molar-refractivity contribution in [1.29, 1.82) is 0 Å². The van der Waals surface area contributed by atoms with E-state index in [1.165, 1.54) is 22.6 Å². The van der Waals surface area contributed by atoms with Crippen LogP contribution < -0.4 is 4.72 Å². The molecule has 0 spiro atoms. The predicted octanol–water partition coefficient (Wildman–Crippen LogP) is 3.65. The fourth-order valence-electron chi connectivity index (χ4n) is 1.92. The summed E-state index contributed by atoms with van der Waals surface area (Å²) in [5, 5.41) is -1.20. The van der Waals surface area contributed by atoms with Gasteiger partial charge in [-0.15, -0.1) is 0 Å². The molecule has 0 aliphatic carbocycles. The van der Waals surface area contributed by atoms with Gasteiger partial charge in [0, 0.05) is 14.7 Å². The Bertz CT molecular complexity index is 669. The number of nitrogens with zero attached hydrogens (tertiary/aromatic N) is 1. The summed E-state index contributed by atoms with van der Waals surface area (Å²) in [4.78, 5) is 3.64. The van der Waals surface area contributed by atoms with E-state index in [0.29, 0.717) is 6.61 Å². The van der Waals surface area contributed by atoms with E-state index in [2.05, 4.69) is 29.3 Å². The molecule has 1 atom stereocenters. The maximum atomic E-state index is 14.2. The summed E-state index contributed by atoms with van der Waals surface area (Å²) in [6.45, 7) is 8.47. The van der Waals surface area contributed by atoms with Gasteiger partial charge in [0.15, 0.2) is 11.6 Å². The maximum Gasteiger partial charge on any atom is 0.222 e. The van der Waals surface area contributed by atoms with Gasteiger partial charge < -0.3 is 4.74 Å². The number of hydrogen-bond donors (Lipinski definition) is 1. The lowest BCUT2D eigenvalue weighted by atomic mass is 10.2. The van der Waals surface area contributed by atoms with E-state index < -0.39 is 35.0 Å². The van der Waals surface area contributed by atoms with Crippen molar-refractivity contribution >= 4 is 40.7 Å². The van der Waals surface area contributed by atoms with Crippen LogP contribution in [0.15, 0.2) is 6.20 Å². The van der Waals surface area contributed by atoms with E-state index in [-0.39, 0.29) is 22.4 Å². The van der Waals surface area contributed by atoms with Crippen LogP contribution in [0.3, 0.4) is 0 Å². The molecule has 1 heterocycles. The van der Waals surface area contributed by atoms with Gasteiger partial charge in [-0.1, -0.05) is 26.6 Å². The van der Waals surface area contributed by atoms with E-state index in [0.717, 1.165) is 12.2 Å². The number of pyridine rings is 1. The molecule has 24 heavy (non-hydrogen) atoms. The Labute approximate surface area is 156 Å². The number of nitrogens with one attached hydrogen (secondary N) is 1. The second kappa shape index (κ2) is 8.97. The second-order valence-corrected chi connectivity index (χ2v) is 15.2. The van der Waals surface area contributed by atoms with E-state index in [4.69, 9.17) is 4.74 Å². The summed E-state index contributed by atoms with van der Waals surface area (Å²) in [6, 6.07) is 0.915. The number of halogens is 3. The maximum absolute atomic E-state index is 14.2. The molecule has 1 unspecified atom stereocenters. The van der Waals surface area contributed by atoms with Gasteiger partial charge in [0.05, 0.1) is 15.5 Å². The molecule has 0 saturated heterocycles. The molecule has 0 saturated carbocycles. The van der Waals surface area contributed by atoms with Crippen LogP contribution in [0, 0.1) is 15.2 Å². The lowest BCUT2D eigenvalue weighted by Crippen LogP contribution is -2.33. The summed E-state index contributed by atoms with van der Waals surface area (Å²) >= 11 is 1.49. The van der Waals surface area contributed by atoms with Gasteiger partial charge in [0.1, 0.15) is 12.0 Å². The topological polar surface area (TPSA) is 68.3 Å². The smallest absolute Gasteiger partial charge is 0.222 e. The molecule has 0 radical (unpaired) electrons. The molecule has 1 aromatic rings. The third-order valence-electron chi connectivity index (χ3n) is 3.35. The Kier molecular flexibility index (Phi) is 8.17. The summed E-state index contributed by atoms with van der Waals surface area (Å²) in [7, 11) is -5.14. The summed E-state index contributed by atoms with van der Waals surface area (Å²) in [5.74, 6) is -1.75. The van der Waals surface area contributed by atoms with Crippen LogP contribution >= 0.6 is 22.6 Å². The normalized spacial score (nSPS) is 14.0. The van der Waals surface area contributed by atoms with Crippen molar-refractivity contribution in [2.75, 3.05) is 13.3 Å². The molecule has 10 heteroatoms. The minimum absolute atomic E-state index is 0.107. The zero-order valence-corrected chi connectivity index (χ0v) is 18.2. The average molecular weight is 492 g/mol. The number of sulfonamides is 1. The van der Waals surface area contributed by atoms with Gasteiger partial charge >= 0.3 is 0 Å². The summed E-state index contributed by atoms with van der Waals surface area (Å²) in [6.07, 6.45) is 0.943. The first-order valence-electron chi connectivity index (χ1n) is 7.55. The molecule has 138 valence electrons. The highest BCUT2D eigenvalue weighted by atomic mass is 127. The van der Waals surface area contributed by atoms with E-state index in [9.17, 15) is 17.2 Å². The third kappa shape index (κ3) is 6.28. The van der Waals surface area contributed by atoms with Crippen molar-refractivity contribution in [3.05, 3.63) is 27.1 Å². The van der Waals surface area contributed by atoms with E-state index >= 15 is 0 Å². The van der Waals surface area contributed by atoms with Crippen molar-refractivity contribution in [1.82, 2.24) is 9.71 Å². The number of hydrogen-bond acceptors (Lipinski definition) is 4. The zero-order chi connectivity index (χ0) is 18.5. The van der Waals surface area contributed by atoms with Crippen LogP contribution in [0.5, 0.6) is 0 Å². The SMILES string of the molecule is CCC(c1ncc(F)c(I)c1F)S(=O)(=O)NCOCC[Si](C)(C)C. The van der Waals surface area contributed by atoms with Gasteiger partial charge in [0.2, 0.25) is 10.0 Å². The number of ether oxygens (including phenoxy) is 1. The molecular formula is C14H23F2IN2O3SSi. The molecular weight excluding hydrogens is 469 g/mol. The highest BCUT2D eigenvalue weighted by molar-refractivity contribution is 14.1. The van der Waals surface area contributed by atoms with Gasteiger partial charge in [-0.25, -0.2) is 17.2 Å². The molecule has 0 fully saturated rings. The van der Waals surface area contributed by atoms with Crippen molar-refractivity contribution < 1.29 is 21.9 Å². The molecule has 0 aliphatic rings. The third-order valence-corrected chi connectivity index (χ3v) is 7.87. The van der Waals surface area contributed by atoms with Gasteiger partial charge in [-0.2, -0.15) is 4.72 Å². The predicted molar refractivity (Wildman–Crippen MR) is 101 cm³/mol. The quantitative estimate of drug-likeness (QED) is 0.247. The Morgan fingerprint density at radius 2 is 2.00 bits per heavy atom. The lowest BCUT2D eigenvalue weighted by Gasteiger charge is -2.18. The first-order valence-corrected chi connectivity index (χ1v) is 13.9. The molecule has 1 aromatic heterocycles. The Morgan fingerprint density at radius 1 is 1.38 bits per heavy atom. The van der Waals surface area contributed by atoms with Gasteiger partial charge in [-0.3, -0.25) is 4.98 Å². The number of aromatic nitrogens is 1. The monoisotopic (exact) mass is 492 g/mol. The Hall–Kier alpha value is -0.173. The second-order valence-electron chi connectivity index (χ2n) is 6.57.